The SMILES string of the molecule is Nc1ccc(Cl)cc1C(C(=O)O)C1CCC1. The van der Waals surface area contributed by atoms with Crippen LogP contribution in [0.25, 0.3) is 0 Å². The summed E-state index contributed by atoms with van der Waals surface area (Å²) < 4.78 is 0. The summed E-state index contributed by atoms with van der Waals surface area (Å²) in [7, 11) is 0. The number of carbonyl (C=O) groups is 1. The second-order valence-electron chi connectivity index (χ2n) is 4.28. The maximum atomic E-state index is 11.3. The molecule has 0 aliphatic heterocycles. The standard InChI is InChI=1S/C12H14ClNO2/c13-8-4-5-10(14)9(6-8)11(12(15)16)7-2-1-3-7/h4-7,11H,1-3,14H2,(H,15,16). The zero-order chi connectivity index (χ0) is 11.7. The van der Waals surface area contributed by atoms with E-state index in [-0.39, 0.29) is 5.92 Å². The van der Waals surface area contributed by atoms with Gasteiger partial charge in [0, 0.05) is 10.7 Å². The van der Waals surface area contributed by atoms with E-state index in [4.69, 9.17) is 17.3 Å². The van der Waals surface area contributed by atoms with Gasteiger partial charge in [0.2, 0.25) is 0 Å². The van der Waals surface area contributed by atoms with E-state index in [0.29, 0.717) is 16.3 Å². The minimum Gasteiger partial charge on any atom is -0.481 e. The van der Waals surface area contributed by atoms with Crippen molar-refractivity contribution >= 4 is 23.3 Å². The molecule has 1 aromatic rings. The van der Waals surface area contributed by atoms with Crippen LogP contribution in [0, 0.1) is 5.92 Å². The molecule has 0 heterocycles. The van der Waals surface area contributed by atoms with Crippen molar-refractivity contribution in [1.29, 1.82) is 0 Å². The molecule has 1 aliphatic carbocycles. The molecule has 86 valence electrons. The summed E-state index contributed by atoms with van der Waals surface area (Å²) in [5.74, 6) is -1.11. The second-order valence-corrected chi connectivity index (χ2v) is 4.72. The van der Waals surface area contributed by atoms with Crippen LogP contribution in [-0.4, -0.2) is 11.1 Å². The highest BCUT2D eigenvalue weighted by atomic mass is 35.5. The molecule has 0 radical (unpaired) electrons. The zero-order valence-electron chi connectivity index (χ0n) is 8.82. The van der Waals surface area contributed by atoms with Crippen molar-refractivity contribution in [3.05, 3.63) is 28.8 Å². The van der Waals surface area contributed by atoms with Gasteiger partial charge in [-0.2, -0.15) is 0 Å². The van der Waals surface area contributed by atoms with Gasteiger partial charge in [0.1, 0.15) is 0 Å². The highest BCUT2D eigenvalue weighted by Crippen LogP contribution is 2.41. The summed E-state index contributed by atoms with van der Waals surface area (Å²) >= 11 is 5.88. The molecule has 3 nitrogen and oxygen atoms in total. The van der Waals surface area contributed by atoms with Gasteiger partial charge in [0.15, 0.2) is 0 Å². The summed E-state index contributed by atoms with van der Waals surface area (Å²) in [4.78, 5) is 11.3. The number of nitrogen functional groups attached to an aromatic ring is 1. The molecule has 1 atom stereocenters. The van der Waals surface area contributed by atoms with E-state index in [2.05, 4.69) is 0 Å². The lowest BCUT2D eigenvalue weighted by atomic mass is 9.72. The Morgan fingerprint density at radius 1 is 1.50 bits per heavy atom. The lowest BCUT2D eigenvalue weighted by molar-refractivity contribution is -0.141. The number of nitrogens with two attached hydrogens (primary N) is 1. The maximum absolute atomic E-state index is 11.3. The number of rotatable bonds is 3. The van der Waals surface area contributed by atoms with Crippen molar-refractivity contribution in [2.24, 2.45) is 5.92 Å². The van der Waals surface area contributed by atoms with Gasteiger partial charge in [0.25, 0.3) is 0 Å². The van der Waals surface area contributed by atoms with Gasteiger partial charge in [-0.3, -0.25) is 4.79 Å². The quantitative estimate of drug-likeness (QED) is 0.798. The fourth-order valence-corrected chi connectivity index (χ4v) is 2.36. The van der Waals surface area contributed by atoms with Gasteiger partial charge in [-0.05, 0) is 42.5 Å². The Kier molecular flexibility index (Phi) is 3.06. The number of carboxylic acid groups (broad SMARTS) is 1. The van der Waals surface area contributed by atoms with Gasteiger partial charge in [-0.25, -0.2) is 0 Å². The molecule has 0 aromatic heterocycles. The first-order chi connectivity index (χ1) is 7.59. The van der Waals surface area contributed by atoms with Crippen LogP contribution >= 0.6 is 11.6 Å². The smallest absolute Gasteiger partial charge is 0.311 e. The lowest BCUT2D eigenvalue weighted by Crippen LogP contribution is -2.27. The molecule has 16 heavy (non-hydrogen) atoms. The van der Waals surface area contributed by atoms with Crippen molar-refractivity contribution in [2.45, 2.75) is 25.2 Å². The number of benzene rings is 1. The summed E-state index contributed by atoms with van der Waals surface area (Å²) in [6.07, 6.45) is 3.03. The van der Waals surface area contributed by atoms with E-state index in [1.54, 1.807) is 18.2 Å². The average Bonchev–Trinajstić information content (AvgIpc) is 2.15. The zero-order valence-corrected chi connectivity index (χ0v) is 9.57. The molecule has 0 saturated heterocycles. The first-order valence-electron chi connectivity index (χ1n) is 5.37. The molecule has 1 fully saturated rings. The molecule has 2 rings (SSSR count). The van der Waals surface area contributed by atoms with Gasteiger partial charge in [0.05, 0.1) is 5.92 Å². The van der Waals surface area contributed by atoms with Crippen LogP contribution < -0.4 is 5.73 Å². The predicted octanol–water partition coefficient (Wildman–Crippen LogP) is 2.89. The third-order valence-corrected chi connectivity index (χ3v) is 3.51. The minimum absolute atomic E-state index is 0.207. The summed E-state index contributed by atoms with van der Waals surface area (Å²) in [5, 5.41) is 9.82. The minimum atomic E-state index is -0.807. The second kappa shape index (κ2) is 4.34. The Hall–Kier alpha value is -1.22. The van der Waals surface area contributed by atoms with E-state index in [0.717, 1.165) is 19.3 Å². The summed E-state index contributed by atoms with van der Waals surface area (Å²) in [6, 6.07) is 5.03. The van der Waals surface area contributed by atoms with Crippen molar-refractivity contribution in [3.8, 4) is 0 Å². The largest absolute Gasteiger partial charge is 0.481 e. The molecular weight excluding hydrogens is 226 g/mol. The number of carboxylic acids is 1. The normalized spacial score (nSPS) is 17.8. The van der Waals surface area contributed by atoms with Crippen LogP contribution in [-0.2, 0) is 4.79 Å². The van der Waals surface area contributed by atoms with Crippen LogP contribution in [0.3, 0.4) is 0 Å². The van der Waals surface area contributed by atoms with Crippen molar-refractivity contribution in [3.63, 3.8) is 0 Å². The van der Waals surface area contributed by atoms with E-state index >= 15 is 0 Å². The van der Waals surface area contributed by atoms with E-state index in [9.17, 15) is 9.90 Å². The number of anilines is 1. The number of halogens is 1. The van der Waals surface area contributed by atoms with Crippen LogP contribution in [0.4, 0.5) is 5.69 Å². The number of aliphatic carboxylic acids is 1. The van der Waals surface area contributed by atoms with E-state index in [1.807, 2.05) is 0 Å². The Labute approximate surface area is 99.2 Å². The van der Waals surface area contributed by atoms with Crippen molar-refractivity contribution in [1.82, 2.24) is 0 Å². The monoisotopic (exact) mass is 239 g/mol. The van der Waals surface area contributed by atoms with Crippen LogP contribution in [0.1, 0.15) is 30.7 Å². The van der Waals surface area contributed by atoms with Gasteiger partial charge >= 0.3 is 5.97 Å². The van der Waals surface area contributed by atoms with Crippen molar-refractivity contribution in [2.75, 3.05) is 5.73 Å². The predicted molar refractivity (Wildman–Crippen MR) is 63.6 cm³/mol. The molecule has 0 bridgehead atoms. The highest BCUT2D eigenvalue weighted by Gasteiger charge is 2.34. The van der Waals surface area contributed by atoms with Crippen LogP contribution in [0.5, 0.6) is 0 Å². The van der Waals surface area contributed by atoms with Gasteiger partial charge in [-0.1, -0.05) is 18.0 Å². The Morgan fingerprint density at radius 2 is 2.19 bits per heavy atom. The van der Waals surface area contributed by atoms with Crippen LogP contribution in [0.2, 0.25) is 5.02 Å². The average molecular weight is 240 g/mol. The highest BCUT2D eigenvalue weighted by molar-refractivity contribution is 6.30. The Morgan fingerprint density at radius 3 is 2.69 bits per heavy atom. The summed E-state index contributed by atoms with van der Waals surface area (Å²) in [5.41, 5.74) is 7.00. The maximum Gasteiger partial charge on any atom is 0.311 e. The Balaban J connectivity index is 2.37. The fourth-order valence-electron chi connectivity index (χ4n) is 2.18. The first kappa shape index (κ1) is 11.3. The van der Waals surface area contributed by atoms with Gasteiger partial charge < -0.3 is 10.8 Å². The fraction of sp³-hybridized carbons (Fsp3) is 0.417. The Bertz CT molecular complexity index is 415. The number of hydrogen-bond donors (Lipinski definition) is 2. The van der Waals surface area contributed by atoms with E-state index in [1.165, 1.54) is 0 Å². The molecule has 3 N–H and O–H groups in total. The van der Waals surface area contributed by atoms with Crippen LogP contribution in [0.15, 0.2) is 18.2 Å². The third-order valence-electron chi connectivity index (χ3n) is 3.27. The lowest BCUT2D eigenvalue weighted by Gasteiger charge is -2.32. The van der Waals surface area contributed by atoms with Crippen molar-refractivity contribution < 1.29 is 9.90 Å². The van der Waals surface area contributed by atoms with E-state index < -0.39 is 11.9 Å². The summed E-state index contributed by atoms with van der Waals surface area (Å²) in [6.45, 7) is 0. The number of hydrogen-bond acceptors (Lipinski definition) is 2. The molecular formula is C12H14ClNO2. The molecule has 1 aromatic carbocycles. The molecule has 4 heteroatoms. The molecule has 1 unspecified atom stereocenters. The molecule has 0 amide bonds. The first-order valence-corrected chi connectivity index (χ1v) is 5.75. The molecule has 1 saturated carbocycles. The van der Waals surface area contributed by atoms with Gasteiger partial charge in [-0.15, -0.1) is 0 Å². The molecule has 0 spiro atoms. The topological polar surface area (TPSA) is 63.3 Å². The third kappa shape index (κ3) is 2.00. The molecule has 1 aliphatic rings.